The van der Waals surface area contributed by atoms with E-state index in [4.69, 9.17) is 33.3 Å². The number of anilines is 1. The Labute approximate surface area is 212 Å². The van der Waals surface area contributed by atoms with Crippen molar-refractivity contribution in [2.24, 2.45) is 0 Å². The number of nitrogens with zero attached hydrogens (tertiary/aromatic N) is 1. The van der Waals surface area contributed by atoms with Crippen molar-refractivity contribution >= 4 is 63.5 Å². The van der Waals surface area contributed by atoms with Crippen LogP contribution in [0.2, 0.25) is 5.02 Å². The van der Waals surface area contributed by atoms with Gasteiger partial charge in [-0.05, 0) is 61.0 Å². The minimum Gasteiger partial charge on any atom is -0.489 e. The molecule has 1 aliphatic rings. The number of amides is 1. The molecule has 0 spiro atoms. The number of thioether (sulfide) groups is 1. The molecule has 3 aromatic rings. The van der Waals surface area contributed by atoms with Gasteiger partial charge in [0, 0.05) is 10.6 Å². The zero-order valence-electron chi connectivity index (χ0n) is 18.2. The molecule has 0 saturated carbocycles. The smallest absolute Gasteiger partial charge is 0.338 e. The quantitative estimate of drug-likeness (QED) is 0.206. The molecule has 172 valence electrons. The molecule has 1 amide bonds. The second-order valence-corrected chi connectivity index (χ2v) is 9.32. The highest BCUT2D eigenvalue weighted by Gasteiger charge is 2.33. The summed E-state index contributed by atoms with van der Waals surface area (Å²) in [5.74, 6) is 0.0860. The lowest BCUT2D eigenvalue weighted by Crippen LogP contribution is -2.27. The van der Waals surface area contributed by atoms with Gasteiger partial charge >= 0.3 is 5.97 Å². The molecule has 4 rings (SSSR count). The van der Waals surface area contributed by atoms with Crippen LogP contribution in [0.25, 0.3) is 6.08 Å². The Morgan fingerprint density at radius 1 is 1.06 bits per heavy atom. The molecule has 5 nitrogen and oxygen atoms in total. The Morgan fingerprint density at radius 3 is 2.44 bits per heavy atom. The van der Waals surface area contributed by atoms with Gasteiger partial charge in [0.1, 0.15) is 12.4 Å². The number of benzene rings is 3. The first kappa shape index (κ1) is 24.0. The Kier molecular flexibility index (Phi) is 7.67. The number of hydrogen-bond acceptors (Lipinski definition) is 6. The first-order valence-electron chi connectivity index (χ1n) is 10.5. The third-order valence-corrected chi connectivity index (χ3v) is 6.63. The van der Waals surface area contributed by atoms with Gasteiger partial charge in [0.05, 0.1) is 22.8 Å². The predicted octanol–water partition coefficient (Wildman–Crippen LogP) is 6.50. The summed E-state index contributed by atoms with van der Waals surface area (Å²) in [6.45, 7) is 2.42. The molecular formula is C26H20ClNO4S2. The van der Waals surface area contributed by atoms with E-state index >= 15 is 0 Å². The van der Waals surface area contributed by atoms with E-state index in [-0.39, 0.29) is 5.91 Å². The van der Waals surface area contributed by atoms with E-state index in [2.05, 4.69) is 0 Å². The SMILES string of the molecule is CCOC(=O)c1ccc(N2C(=O)/C(=C/c3ccc(OCc4ccccc4Cl)cc3)SC2=S)cc1. The largest absolute Gasteiger partial charge is 0.489 e. The van der Waals surface area contributed by atoms with Crippen LogP contribution in [0.3, 0.4) is 0 Å². The van der Waals surface area contributed by atoms with Crippen molar-refractivity contribution in [3.63, 3.8) is 0 Å². The zero-order valence-corrected chi connectivity index (χ0v) is 20.6. The predicted molar refractivity (Wildman–Crippen MR) is 140 cm³/mol. The van der Waals surface area contributed by atoms with Crippen LogP contribution in [0.5, 0.6) is 5.75 Å². The van der Waals surface area contributed by atoms with E-state index < -0.39 is 5.97 Å². The summed E-state index contributed by atoms with van der Waals surface area (Å²) in [7, 11) is 0. The van der Waals surface area contributed by atoms with Crippen molar-refractivity contribution in [2.45, 2.75) is 13.5 Å². The first-order valence-corrected chi connectivity index (χ1v) is 12.1. The molecule has 0 aromatic heterocycles. The highest BCUT2D eigenvalue weighted by molar-refractivity contribution is 8.27. The van der Waals surface area contributed by atoms with E-state index in [0.29, 0.717) is 44.5 Å². The molecule has 8 heteroatoms. The summed E-state index contributed by atoms with van der Waals surface area (Å²) >= 11 is 12.8. The monoisotopic (exact) mass is 509 g/mol. The number of esters is 1. The van der Waals surface area contributed by atoms with E-state index in [9.17, 15) is 9.59 Å². The lowest BCUT2D eigenvalue weighted by atomic mass is 10.2. The molecule has 1 fully saturated rings. The Hall–Kier alpha value is -3.13. The van der Waals surface area contributed by atoms with E-state index in [1.807, 2.05) is 48.5 Å². The van der Waals surface area contributed by atoms with Gasteiger partial charge in [-0.2, -0.15) is 0 Å². The maximum absolute atomic E-state index is 13.0. The van der Waals surface area contributed by atoms with Crippen molar-refractivity contribution in [1.29, 1.82) is 0 Å². The van der Waals surface area contributed by atoms with Crippen LogP contribution >= 0.6 is 35.6 Å². The lowest BCUT2D eigenvalue weighted by Gasteiger charge is -2.14. The molecule has 1 heterocycles. The normalized spacial score (nSPS) is 14.5. The number of rotatable bonds is 7. The highest BCUT2D eigenvalue weighted by Crippen LogP contribution is 2.36. The first-order chi connectivity index (χ1) is 16.5. The highest BCUT2D eigenvalue weighted by atomic mass is 35.5. The molecule has 0 aliphatic carbocycles. The molecule has 1 saturated heterocycles. The molecular weight excluding hydrogens is 490 g/mol. The van der Waals surface area contributed by atoms with E-state index in [1.54, 1.807) is 37.3 Å². The van der Waals surface area contributed by atoms with Crippen molar-refractivity contribution in [1.82, 2.24) is 0 Å². The fraction of sp³-hybridized carbons (Fsp3) is 0.115. The summed E-state index contributed by atoms with van der Waals surface area (Å²) in [6.07, 6.45) is 1.80. The second kappa shape index (κ2) is 10.9. The van der Waals surface area contributed by atoms with Gasteiger partial charge in [0.15, 0.2) is 4.32 Å². The van der Waals surface area contributed by atoms with Crippen LogP contribution in [0.1, 0.15) is 28.4 Å². The van der Waals surface area contributed by atoms with Gasteiger partial charge in [-0.1, -0.05) is 65.9 Å². The number of ether oxygens (including phenoxy) is 2. The average Bonchev–Trinajstić information content (AvgIpc) is 3.12. The maximum Gasteiger partial charge on any atom is 0.338 e. The zero-order chi connectivity index (χ0) is 24.1. The molecule has 0 bridgehead atoms. The Morgan fingerprint density at radius 2 is 1.76 bits per heavy atom. The third-order valence-electron chi connectivity index (χ3n) is 4.96. The lowest BCUT2D eigenvalue weighted by molar-refractivity contribution is -0.113. The molecule has 0 unspecified atom stereocenters. The minimum absolute atomic E-state index is 0.210. The van der Waals surface area contributed by atoms with Gasteiger partial charge in [-0.3, -0.25) is 9.69 Å². The molecule has 3 aromatic carbocycles. The minimum atomic E-state index is -0.404. The van der Waals surface area contributed by atoms with Crippen LogP contribution in [0.4, 0.5) is 5.69 Å². The summed E-state index contributed by atoms with van der Waals surface area (Å²) < 4.78 is 11.2. The summed E-state index contributed by atoms with van der Waals surface area (Å²) in [6, 6.07) is 21.6. The number of hydrogen-bond donors (Lipinski definition) is 0. The summed E-state index contributed by atoms with van der Waals surface area (Å²) in [5.41, 5.74) is 2.78. The second-order valence-electron chi connectivity index (χ2n) is 7.23. The Bertz CT molecular complexity index is 1260. The molecule has 0 radical (unpaired) electrons. The fourth-order valence-electron chi connectivity index (χ4n) is 3.24. The number of carbonyl (C=O) groups is 2. The van der Waals surface area contributed by atoms with Crippen molar-refractivity contribution < 1.29 is 19.1 Å². The van der Waals surface area contributed by atoms with Crippen molar-refractivity contribution in [3.8, 4) is 5.75 Å². The van der Waals surface area contributed by atoms with Gasteiger partial charge < -0.3 is 9.47 Å². The van der Waals surface area contributed by atoms with E-state index in [0.717, 1.165) is 11.1 Å². The Balaban J connectivity index is 1.43. The van der Waals surface area contributed by atoms with Crippen molar-refractivity contribution in [2.75, 3.05) is 11.5 Å². The fourth-order valence-corrected chi connectivity index (χ4v) is 4.73. The van der Waals surface area contributed by atoms with Crippen LogP contribution in [0.15, 0.2) is 77.7 Å². The van der Waals surface area contributed by atoms with Crippen LogP contribution in [-0.4, -0.2) is 22.8 Å². The number of carbonyl (C=O) groups excluding carboxylic acids is 2. The van der Waals surface area contributed by atoms with Crippen LogP contribution < -0.4 is 9.64 Å². The van der Waals surface area contributed by atoms with Crippen molar-refractivity contribution in [3.05, 3.63) is 99.4 Å². The van der Waals surface area contributed by atoms with Gasteiger partial charge in [0.2, 0.25) is 0 Å². The number of halogens is 1. The maximum atomic E-state index is 13.0. The molecule has 34 heavy (non-hydrogen) atoms. The summed E-state index contributed by atoms with van der Waals surface area (Å²) in [4.78, 5) is 26.9. The van der Waals surface area contributed by atoms with Gasteiger partial charge in [0.25, 0.3) is 5.91 Å². The van der Waals surface area contributed by atoms with E-state index in [1.165, 1.54) is 16.7 Å². The average molecular weight is 510 g/mol. The summed E-state index contributed by atoms with van der Waals surface area (Å²) in [5, 5.41) is 0.664. The van der Waals surface area contributed by atoms with Crippen LogP contribution in [-0.2, 0) is 16.1 Å². The van der Waals surface area contributed by atoms with Gasteiger partial charge in [-0.25, -0.2) is 4.79 Å². The standard InChI is InChI=1S/C26H20ClNO4S2/c1-2-31-25(30)18-9-11-20(12-10-18)28-24(29)23(34-26(28)33)15-17-7-13-21(14-8-17)32-16-19-5-3-4-6-22(19)27/h3-15H,2,16H2,1H3/b23-15-. The topological polar surface area (TPSA) is 55.8 Å². The third kappa shape index (κ3) is 5.50. The number of thiocarbonyl (C=S) groups is 1. The molecule has 0 N–H and O–H groups in total. The molecule has 0 atom stereocenters. The van der Waals surface area contributed by atoms with Crippen LogP contribution in [0, 0.1) is 0 Å². The van der Waals surface area contributed by atoms with Gasteiger partial charge in [-0.15, -0.1) is 0 Å². The molecule has 1 aliphatic heterocycles.